The maximum atomic E-state index is 13.4. The number of piperidine rings is 1. The monoisotopic (exact) mass is 532 g/mol. The number of carbonyl (C=O) groups excluding carboxylic acids is 1. The van der Waals surface area contributed by atoms with E-state index in [1.54, 1.807) is 17.0 Å². The van der Waals surface area contributed by atoms with Crippen molar-refractivity contribution < 1.29 is 27.4 Å². The fraction of sp³-hybridized carbons (Fsp3) is 0.462. The van der Waals surface area contributed by atoms with E-state index in [-0.39, 0.29) is 23.7 Å². The van der Waals surface area contributed by atoms with Crippen molar-refractivity contribution >= 4 is 6.09 Å². The van der Waals surface area contributed by atoms with Gasteiger partial charge in [0.2, 0.25) is 0 Å². The number of likely N-dealkylation sites (tertiary alicyclic amines) is 1. The summed E-state index contributed by atoms with van der Waals surface area (Å²) in [7, 11) is 1.50. The second kappa shape index (κ2) is 11.0. The third-order valence-electron chi connectivity index (χ3n) is 6.28. The molecule has 0 spiro atoms. The van der Waals surface area contributed by atoms with Crippen LogP contribution in [0.2, 0.25) is 0 Å². The van der Waals surface area contributed by atoms with Crippen LogP contribution in [0.25, 0.3) is 5.69 Å². The number of nitrogens with one attached hydrogen (secondary N) is 1. The minimum Gasteiger partial charge on any atom is -0.496 e. The van der Waals surface area contributed by atoms with Gasteiger partial charge in [0.1, 0.15) is 11.4 Å². The first-order chi connectivity index (χ1) is 18.0. The van der Waals surface area contributed by atoms with Crippen LogP contribution in [0.1, 0.15) is 50.1 Å². The molecule has 2 heterocycles. The Morgan fingerprint density at radius 2 is 1.87 bits per heavy atom. The minimum absolute atomic E-state index is 0.0109. The van der Waals surface area contributed by atoms with Crippen LogP contribution in [0.4, 0.5) is 18.0 Å². The van der Waals surface area contributed by atoms with Gasteiger partial charge in [-0.3, -0.25) is 0 Å². The molecule has 1 fully saturated rings. The molecular weight excluding hydrogens is 501 g/mol. The van der Waals surface area contributed by atoms with E-state index in [0.717, 1.165) is 5.56 Å². The van der Waals surface area contributed by atoms with Crippen LogP contribution >= 0.6 is 0 Å². The third-order valence-corrected chi connectivity index (χ3v) is 6.28. The zero-order valence-corrected chi connectivity index (χ0v) is 21.7. The highest BCUT2D eigenvalue weighted by atomic mass is 19.4. The molecular formula is C26H31F3N6O3. The molecule has 4 rings (SSSR count). The number of hydrogen-bond acceptors (Lipinski definition) is 7. The van der Waals surface area contributed by atoms with Gasteiger partial charge >= 0.3 is 12.3 Å². The van der Waals surface area contributed by atoms with Crippen LogP contribution in [-0.4, -0.2) is 63.0 Å². The summed E-state index contributed by atoms with van der Waals surface area (Å²) in [5, 5.41) is 13.4. The zero-order valence-electron chi connectivity index (χ0n) is 21.7. The van der Waals surface area contributed by atoms with E-state index >= 15 is 0 Å². The summed E-state index contributed by atoms with van der Waals surface area (Å²) in [6.45, 7) is 6.80. The lowest BCUT2D eigenvalue weighted by molar-refractivity contribution is -0.146. The van der Waals surface area contributed by atoms with E-state index in [9.17, 15) is 18.0 Å². The van der Waals surface area contributed by atoms with Crippen molar-refractivity contribution in [3.05, 3.63) is 65.5 Å². The zero-order chi connectivity index (χ0) is 27.5. The van der Waals surface area contributed by atoms with Crippen LogP contribution in [0.15, 0.2) is 48.5 Å². The Balaban J connectivity index is 1.55. The molecule has 1 N–H and O–H groups in total. The highest BCUT2D eigenvalue weighted by Gasteiger charge is 2.39. The Morgan fingerprint density at radius 3 is 2.53 bits per heavy atom. The molecule has 0 aliphatic carbocycles. The number of halogens is 3. The molecule has 1 aliphatic heterocycles. The molecule has 1 saturated heterocycles. The Morgan fingerprint density at radius 1 is 1.13 bits per heavy atom. The number of carbonyl (C=O) groups is 1. The Hall–Kier alpha value is -3.67. The summed E-state index contributed by atoms with van der Waals surface area (Å²) >= 11 is 0. The number of alkyl halides is 3. The minimum atomic E-state index is -4.70. The van der Waals surface area contributed by atoms with Gasteiger partial charge in [0.15, 0.2) is 0 Å². The average Bonchev–Trinajstić information content (AvgIpc) is 3.38. The van der Waals surface area contributed by atoms with E-state index in [0.29, 0.717) is 42.0 Å². The molecule has 0 radical (unpaired) electrons. The topological polar surface area (TPSA) is 94.4 Å². The number of methoxy groups -OCH3 is 1. The smallest absolute Gasteiger partial charge is 0.453 e. The van der Waals surface area contributed by atoms with Gasteiger partial charge < -0.3 is 19.7 Å². The molecule has 1 aromatic heterocycles. The summed E-state index contributed by atoms with van der Waals surface area (Å²) < 4.78 is 51.8. The third kappa shape index (κ3) is 6.42. The molecule has 9 nitrogen and oxygen atoms in total. The van der Waals surface area contributed by atoms with E-state index in [1.807, 2.05) is 51.1 Å². The Kier molecular flexibility index (Phi) is 7.91. The Labute approximate surface area is 218 Å². The summed E-state index contributed by atoms with van der Waals surface area (Å²) in [4.78, 5) is 14.5. The molecule has 0 bridgehead atoms. The predicted octanol–water partition coefficient (Wildman–Crippen LogP) is 4.57. The lowest BCUT2D eigenvalue weighted by Crippen LogP contribution is -2.50. The summed E-state index contributed by atoms with van der Waals surface area (Å²) in [5.74, 6) is -0.714. The van der Waals surface area contributed by atoms with Crippen molar-refractivity contribution in [3.8, 4) is 11.4 Å². The van der Waals surface area contributed by atoms with Gasteiger partial charge in [-0.25, -0.2) is 4.79 Å². The van der Waals surface area contributed by atoms with Gasteiger partial charge in [-0.05, 0) is 61.4 Å². The maximum absolute atomic E-state index is 13.4. The second-order valence-electron chi connectivity index (χ2n) is 10.1. The lowest BCUT2D eigenvalue weighted by Gasteiger charge is -2.40. The number of benzene rings is 2. The van der Waals surface area contributed by atoms with Crippen molar-refractivity contribution in [3.63, 3.8) is 0 Å². The molecule has 38 heavy (non-hydrogen) atoms. The molecule has 3 aromatic rings. The van der Waals surface area contributed by atoms with E-state index in [1.165, 1.54) is 13.2 Å². The molecule has 0 saturated carbocycles. The van der Waals surface area contributed by atoms with Gasteiger partial charge in [0.25, 0.3) is 5.82 Å². The first-order valence-corrected chi connectivity index (χ1v) is 12.3. The number of rotatable bonds is 6. The highest BCUT2D eigenvalue weighted by molar-refractivity contribution is 5.68. The number of tetrazole rings is 1. The van der Waals surface area contributed by atoms with Gasteiger partial charge in [0.05, 0.1) is 12.8 Å². The first kappa shape index (κ1) is 27.4. The summed E-state index contributed by atoms with van der Waals surface area (Å²) in [6, 6.07) is 14.5. The van der Waals surface area contributed by atoms with Crippen molar-refractivity contribution in [2.45, 2.75) is 57.5 Å². The Bertz CT molecular complexity index is 1240. The maximum Gasteiger partial charge on any atom is 0.453 e. The quantitative estimate of drug-likeness (QED) is 0.497. The molecule has 1 amide bonds. The van der Waals surface area contributed by atoms with Gasteiger partial charge in [0, 0.05) is 37.2 Å². The van der Waals surface area contributed by atoms with E-state index in [2.05, 4.69) is 20.8 Å². The van der Waals surface area contributed by atoms with E-state index < -0.39 is 17.6 Å². The predicted molar refractivity (Wildman–Crippen MR) is 133 cm³/mol. The van der Waals surface area contributed by atoms with Crippen LogP contribution in [0.5, 0.6) is 5.75 Å². The van der Waals surface area contributed by atoms with Crippen molar-refractivity contribution in [2.75, 3.05) is 20.2 Å². The number of amides is 1. The van der Waals surface area contributed by atoms with Crippen LogP contribution in [0.3, 0.4) is 0 Å². The first-order valence-electron chi connectivity index (χ1n) is 12.3. The molecule has 2 atom stereocenters. The fourth-order valence-electron chi connectivity index (χ4n) is 4.54. The van der Waals surface area contributed by atoms with Gasteiger partial charge in [-0.1, -0.05) is 30.3 Å². The molecule has 1 aliphatic rings. The van der Waals surface area contributed by atoms with Crippen molar-refractivity contribution in [1.29, 1.82) is 0 Å². The summed E-state index contributed by atoms with van der Waals surface area (Å²) in [5.41, 5.74) is 1.29. The molecule has 12 heteroatoms. The molecule has 204 valence electrons. The molecule has 2 aromatic carbocycles. The van der Waals surface area contributed by atoms with Gasteiger partial charge in [-0.15, -0.1) is 5.10 Å². The van der Waals surface area contributed by atoms with E-state index in [4.69, 9.17) is 9.47 Å². The fourth-order valence-corrected chi connectivity index (χ4v) is 4.54. The number of nitrogens with zero attached hydrogens (tertiary/aromatic N) is 5. The number of hydrogen-bond donors (Lipinski definition) is 1. The average molecular weight is 533 g/mol. The SMILES string of the molecule is COc1ccc(-n2nnnc2C(F)(F)F)cc1CN[C@@H]1CCN(C(=O)OC(C)(C)C)C[C@H]1c1ccccc1. The van der Waals surface area contributed by atoms with Crippen LogP contribution in [-0.2, 0) is 17.5 Å². The number of ether oxygens (including phenoxy) is 2. The normalized spacial score (nSPS) is 18.3. The summed E-state index contributed by atoms with van der Waals surface area (Å²) in [6.07, 6.45) is -4.40. The largest absolute Gasteiger partial charge is 0.496 e. The molecule has 0 unspecified atom stereocenters. The standard InChI is InChI=1S/C26H31F3N6O3/c1-25(2,3)38-24(36)34-13-12-21(20(16-34)17-8-6-5-7-9-17)30-15-18-14-19(10-11-22(18)37-4)35-23(26(27,28)29)31-32-33-35/h5-11,14,20-21,30H,12-13,15-16H2,1-4H3/t20-,21+/m0/s1. The van der Waals surface area contributed by atoms with Crippen LogP contribution in [0, 0.1) is 0 Å². The second-order valence-corrected chi connectivity index (χ2v) is 10.1. The van der Waals surface area contributed by atoms with Gasteiger partial charge in [-0.2, -0.15) is 17.9 Å². The van der Waals surface area contributed by atoms with Crippen LogP contribution < -0.4 is 10.1 Å². The highest BCUT2D eigenvalue weighted by Crippen LogP contribution is 2.31. The van der Waals surface area contributed by atoms with Crippen molar-refractivity contribution in [1.82, 2.24) is 30.4 Å². The lowest BCUT2D eigenvalue weighted by atomic mass is 9.86. The number of aromatic nitrogens is 4. The van der Waals surface area contributed by atoms with Crippen molar-refractivity contribution in [2.24, 2.45) is 0 Å².